The van der Waals surface area contributed by atoms with E-state index in [4.69, 9.17) is 11.6 Å². The Hall–Kier alpha value is -1.11. The van der Waals surface area contributed by atoms with Gasteiger partial charge in [-0.2, -0.15) is 4.31 Å². The SMILES string of the molecule is CC(C)N(C(=O)CN(C)S(=O)(=O)c1ccc(Cl)cc1)C(C)C. The molecule has 5 nitrogen and oxygen atoms in total. The Morgan fingerprint density at radius 1 is 1.09 bits per heavy atom. The maximum atomic E-state index is 12.5. The van der Waals surface area contributed by atoms with E-state index in [1.165, 1.54) is 31.3 Å². The Labute approximate surface area is 137 Å². The van der Waals surface area contributed by atoms with E-state index in [0.29, 0.717) is 5.02 Å². The van der Waals surface area contributed by atoms with Gasteiger partial charge in [0.25, 0.3) is 0 Å². The average molecular weight is 347 g/mol. The lowest BCUT2D eigenvalue weighted by atomic mass is 10.2. The fourth-order valence-electron chi connectivity index (χ4n) is 2.32. The van der Waals surface area contributed by atoms with E-state index in [-0.39, 0.29) is 29.4 Å². The van der Waals surface area contributed by atoms with Crippen LogP contribution in [0.2, 0.25) is 5.02 Å². The number of carbonyl (C=O) groups is 1. The number of nitrogens with zero attached hydrogens (tertiary/aromatic N) is 2. The molecule has 0 saturated carbocycles. The van der Waals surface area contributed by atoms with Crippen LogP contribution in [-0.4, -0.2) is 49.2 Å². The van der Waals surface area contributed by atoms with E-state index < -0.39 is 10.0 Å². The van der Waals surface area contributed by atoms with Gasteiger partial charge in [-0.15, -0.1) is 0 Å². The van der Waals surface area contributed by atoms with Crippen LogP contribution in [0.15, 0.2) is 29.2 Å². The Balaban J connectivity index is 2.93. The van der Waals surface area contributed by atoms with Gasteiger partial charge in [0.2, 0.25) is 15.9 Å². The number of amides is 1. The molecule has 0 aliphatic rings. The largest absolute Gasteiger partial charge is 0.337 e. The smallest absolute Gasteiger partial charge is 0.243 e. The first-order valence-electron chi connectivity index (χ1n) is 7.10. The third kappa shape index (κ3) is 4.44. The molecule has 124 valence electrons. The molecule has 0 unspecified atom stereocenters. The zero-order valence-electron chi connectivity index (χ0n) is 13.6. The molecule has 1 rings (SSSR count). The van der Waals surface area contributed by atoms with Gasteiger partial charge in [-0.1, -0.05) is 11.6 Å². The monoisotopic (exact) mass is 346 g/mol. The molecule has 1 aromatic rings. The fourth-order valence-corrected chi connectivity index (χ4v) is 3.56. The van der Waals surface area contributed by atoms with Crippen LogP contribution >= 0.6 is 11.6 Å². The van der Waals surface area contributed by atoms with Gasteiger partial charge in [0.15, 0.2) is 0 Å². The predicted octanol–water partition coefficient (Wildman–Crippen LogP) is 2.61. The Morgan fingerprint density at radius 2 is 1.55 bits per heavy atom. The third-order valence-corrected chi connectivity index (χ3v) is 5.35. The van der Waals surface area contributed by atoms with E-state index in [1.807, 2.05) is 27.7 Å². The standard InChI is InChI=1S/C15H23ClN2O3S/c1-11(2)18(12(3)4)15(19)10-17(5)22(20,21)14-8-6-13(16)7-9-14/h6-9,11-12H,10H2,1-5H3. The highest BCUT2D eigenvalue weighted by molar-refractivity contribution is 7.89. The Kier molecular flexibility index (Phi) is 6.40. The number of hydrogen-bond donors (Lipinski definition) is 0. The second kappa shape index (κ2) is 7.44. The van der Waals surface area contributed by atoms with Gasteiger partial charge in [-0.05, 0) is 52.0 Å². The topological polar surface area (TPSA) is 57.7 Å². The van der Waals surface area contributed by atoms with Crippen molar-refractivity contribution in [3.63, 3.8) is 0 Å². The molecular formula is C15H23ClN2O3S. The first-order valence-corrected chi connectivity index (χ1v) is 8.92. The minimum atomic E-state index is -3.71. The van der Waals surface area contributed by atoms with Crippen molar-refractivity contribution in [3.05, 3.63) is 29.3 Å². The summed E-state index contributed by atoms with van der Waals surface area (Å²) in [7, 11) is -2.31. The number of halogens is 1. The number of sulfonamides is 1. The molecule has 22 heavy (non-hydrogen) atoms. The normalized spacial score (nSPS) is 12.2. The summed E-state index contributed by atoms with van der Waals surface area (Å²) in [5, 5.41) is 0.462. The van der Waals surface area contributed by atoms with Crippen LogP contribution in [0.5, 0.6) is 0 Å². The van der Waals surface area contributed by atoms with Crippen LogP contribution in [0.4, 0.5) is 0 Å². The third-order valence-electron chi connectivity index (χ3n) is 3.28. The molecule has 0 heterocycles. The quantitative estimate of drug-likeness (QED) is 0.795. The fraction of sp³-hybridized carbons (Fsp3) is 0.533. The van der Waals surface area contributed by atoms with Crippen molar-refractivity contribution < 1.29 is 13.2 Å². The van der Waals surface area contributed by atoms with Gasteiger partial charge in [-0.25, -0.2) is 8.42 Å². The zero-order chi connectivity index (χ0) is 17.1. The summed E-state index contributed by atoms with van der Waals surface area (Å²) in [5.41, 5.74) is 0. The van der Waals surface area contributed by atoms with Gasteiger partial charge in [0.1, 0.15) is 0 Å². The van der Waals surface area contributed by atoms with E-state index in [1.54, 1.807) is 4.90 Å². The number of likely N-dealkylation sites (N-methyl/N-ethyl adjacent to an activating group) is 1. The molecule has 0 saturated heterocycles. The summed E-state index contributed by atoms with van der Waals surface area (Å²) >= 11 is 5.77. The Morgan fingerprint density at radius 3 is 1.95 bits per heavy atom. The zero-order valence-corrected chi connectivity index (χ0v) is 15.1. The number of hydrogen-bond acceptors (Lipinski definition) is 3. The van der Waals surface area contributed by atoms with Crippen molar-refractivity contribution in [1.82, 2.24) is 9.21 Å². The van der Waals surface area contributed by atoms with Crippen molar-refractivity contribution in [2.75, 3.05) is 13.6 Å². The first kappa shape index (κ1) is 18.9. The highest BCUT2D eigenvalue weighted by Crippen LogP contribution is 2.18. The van der Waals surface area contributed by atoms with Gasteiger partial charge in [0.05, 0.1) is 11.4 Å². The lowest BCUT2D eigenvalue weighted by Crippen LogP contribution is -2.47. The van der Waals surface area contributed by atoms with E-state index in [9.17, 15) is 13.2 Å². The number of carbonyl (C=O) groups excluding carboxylic acids is 1. The molecule has 0 radical (unpaired) electrons. The molecule has 0 N–H and O–H groups in total. The van der Waals surface area contributed by atoms with Gasteiger partial charge < -0.3 is 4.90 Å². The second-order valence-electron chi connectivity index (χ2n) is 5.70. The van der Waals surface area contributed by atoms with Crippen LogP contribution < -0.4 is 0 Å². The van der Waals surface area contributed by atoms with Crippen molar-refractivity contribution in [2.24, 2.45) is 0 Å². The molecule has 0 fully saturated rings. The minimum Gasteiger partial charge on any atom is -0.337 e. The summed E-state index contributed by atoms with van der Waals surface area (Å²) < 4.78 is 26.0. The van der Waals surface area contributed by atoms with E-state index >= 15 is 0 Å². The maximum Gasteiger partial charge on any atom is 0.243 e. The lowest BCUT2D eigenvalue weighted by Gasteiger charge is -2.32. The molecule has 0 bridgehead atoms. The molecular weight excluding hydrogens is 324 g/mol. The molecule has 0 spiro atoms. The minimum absolute atomic E-state index is 0.0131. The maximum absolute atomic E-state index is 12.5. The predicted molar refractivity (Wildman–Crippen MR) is 88.4 cm³/mol. The highest BCUT2D eigenvalue weighted by atomic mass is 35.5. The summed E-state index contributed by atoms with van der Waals surface area (Å²) in [4.78, 5) is 14.2. The van der Waals surface area contributed by atoms with Crippen molar-refractivity contribution in [3.8, 4) is 0 Å². The lowest BCUT2D eigenvalue weighted by molar-refractivity contribution is -0.134. The highest BCUT2D eigenvalue weighted by Gasteiger charge is 2.27. The van der Waals surface area contributed by atoms with Crippen LogP contribution in [0.3, 0.4) is 0 Å². The van der Waals surface area contributed by atoms with E-state index in [0.717, 1.165) is 4.31 Å². The number of rotatable bonds is 6. The molecule has 1 aromatic carbocycles. The molecule has 0 aromatic heterocycles. The first-order chi connectivity index (χ1) is 10.1. The van der Waals surface area contributed by atoms with Gasteiger partial charge in [0, 0.05) is 24.2 Å². The van der Waals surface area contributed by atoms with E-state index in [2.05, 4.69) is 0 Å². The molecule has 0 atom stereocenters. The summed E-state index contributed by atoms with van der Waals surface area (Å²) in [5.74, 6) is -0.218. The van der Waals surface area contributed by atoms with Crippen LogP contribution in [0, 0.1) is 0 Å². The van der Waals surface area contributed by atoms with Crippen LogP contribution in [0.25, 0.3) is 0 Å². The molecule has 1 amide bonds. The summed E-state index contributed by atoms with van der Waals surface area (Å²) in [6.45, 7) is 7.44. The average Bonchev–Trinajstić information content (AvgIpc) is 2.37. The summed E-state index contributed by atoms with van der Waals surface area (Å²) in [6.07, 6.45) is 0. The van der Waals surface area contributed by atoms with Crippen molar-refractivity contribution >= 4 is 27.5 Å². The summed E-state index contributed by atoms with van der Waals surface area (Å²) in [6, 6.07) is 5.91. The van der Waals surface area contributed by atoms with Crippen LogP contribution in [0.1, 0.15) is 27.7 Å². The van der Waals surface area contributed by atoms with Crippen molar-refractivity contribution in [2.45, 2.75) is 44.7 Å². The Bertz CT molecular complexity index is 604. The number of benzene rings is 1. The molecule has 0 aliphatic heterocycles. The molecule has 7 heteroatoms. The molecule has 0 aliphatic carbocycles. The van der Waals surface area contributed by atoms with Gasteiger partial charge in [-0.3, -0.25) is 4.79 Å². The second-order valence-corrected chi connectivity index (χ2v) is 8.18. The van der Waals surface area contributed by atoms with Gasteiger partial charge >= 0.3 is 0 Å². The van der Waals surface area contributed by atoms with Crippen LogP contribution in [-0.2, 0) is 14.8 Å². The van der Waals surface area contributed by atoms with Crippen molar-refractivity contribution in [1.29, 1.82) is 0 Å².